The molecule has 0 bridgehead atoms. The first-order chi connectivity index (χ1) is 9.37. The zero-order valence-corrected chi connectivity index (χ0v) is 11.9. The number of aromatic nitrogens is 4. The van der Waals surface area contributed by atoms with Crippen LogP contribution in [0.15, 0.2) is 24.7 Å². The molecule has 2 rings (SSSR count). The van der Waals surface area contributed by atoms with E-state index in [9.17, 15) is 18.0 Å². The van der Waals surface area contributed by atoms with Gasteiger partial charge >= 0.3 is 6.18 Å². The summed E-state index contributed by atoms with van der Waals surface area (Å²) >= 11 is 1.65. The Morgan fingerprint density at radius 2 is 2.10 bits per heavy atom. The van der Waals surface area contributed by atoms with Crippen molar-refractivity contribution in [1.82, 2.24) is 20.0 Å². The maximum absolute atomic E-state index is 12.3. The van der Waals surface area contributed by atoms with Crippen LogP contribution in [0.2, 0.25) is 0 Å². The lowest BCUT2D eigenvalue weighted by Gasteiger charge is -2.07. The standard InChI is InChI=1S/C10H7F3IN5O/c11-10(12,13)5-19-8(14)7(4-17-19)9(20)18-6-1-2-15-16-3-6/h1-4H,5H2,(H,15,18,20). The van der Waals surface area contributed by atoms with Crippen LogP contribution >= 0.6 is 22.6 Å². The first-order valence-electron chi connectivity index (χ1n) is 5.23. The Balaban J connectivity index is 2.15. The number of amides is 1. The Kier molecular flexibility index (Phi) is 4.20. The molecule has 2 aromatic rings. The van der Waals surface area contributed by atoms with Crippen molar-refractivity contribution in [2.24, 2.45) is 0 Å². The van der Waals surface area contributed by atoms with Crippen molar-refractivity contribution >= 4 is 34.2 Å². The topological polar surface area (TPSA) is 72.7 Å². The highest BCUT2D eigenvalue weighted by Crippen LogP contribution is 2.21. The van der Waals surface area contributed by atoms with Gasteiger partial charge in [-0.1, -0.05) is 0 Å². The fraction of sp³-hybridized carbons (Fsp3) is 0.200. The smallest absolute Gasteiger partial charge is 0.320 e. The Hall–Kier alpha value is -1.72. The molecule has 0 aromatic carbocycles. The summed E-state index contributed by atoms with van der Waals surface area (Å²) in [6, 6.07) is 1.51. The number of anilines is 1. The van der Waals surface area contributed by atoms with Gasteiger partial charge < -0.3 is 5.32 Å². The molecule has 0 spiro atoms. The van der Waals surface area contributed by atoms with E-state index >= 15 is 0 Å². The molecule has 0 saturated heterocycles. The third-order valence-corrected chi connectivity index (χ3v) is 3.33. The summed E-state index contributed by atoms with van der Waals surface area (Å²) in [5.41, 5.74) is 0.455. The van der Waals surface area contributed by atoms with Crippen LogP contribution in [0.4, 0.5) is 18.9 Å². The van der Waals surface area contributed by atoms with Gasteiger partial charge in [0.2, 0.25) is 0 Å². The van der Waals surface area contributed by atoms with Crippen molar-refractivity contribution in [1.29, 1.82) is 0 Å². The second-order valence-electron chi connectivity index (χ2n) is 3.71. The Morgan fingerprint density at radius 1 is 1.35 bits per heavy atom. The van der Waals surface area contributed by atoms with Gasteiger partial charge in [-0.15, -0.1) is 0 Å². The van der Waals surface area contributed by atoms with Gasteiger partial charge in [0.1, 0.15) is 10.2 Å². The summed E-state index contributed by atoms with van der Waals surface area (Å²) in [6.07, 6.45) is -0.593. The predicted molar refractivity (Wildman–Crippen MR) is 71.0 cm³/mol. The number of hydrogen-bond donors (Lipinski definition) is 1. The predicted octanol–water partition coefficient (Wildman–Crippen LogP) is 2.09. The molecule has 0 atom stereocenters. The van der Waals surface area contributed by atoms with Crippen LogP contribution in [0.25, 0.3) is 0 Å². The second kappa shape index (κ2) is 5.73. The SMILES string of the molecule is O=C(Nc1ccnnc1)c1cnn(CC(F)(F)F)c1I. The van der Waals surface area contributed by atoms with Crippen molar-refractivity contribution in [2.75, 3.05) is 5.32 Å². The first-order valence-corrected chi connectivity index (χ1v) is 6.31. The minimum atomic E-state index is -4.39. The molecular formula is C10H7F3IN5O. The summed E-state index contributed by atoms with van der Waals surface area (Å²) in [6.45, 7) is -1.24. The van der Waals surface area contributed by atoms with Crippen LogP contribution in [-0.4, -0.2) is 32.1 Å². The molecule has 0 aliphatic rings. The average molecular weight is 397 g/mol. The maximum atomic E-state index is 12.3. The normalized spacial score (nSPS) is 11.4. The van der Waals surface area contributed by atoms with Gasteiger partial charge in [-0.2, -0.15) is 28.5 Å². The molecule has 0 aliphatic carbocycles. The van der Waals surface area contributed by atoms with Gasteiger partial charge in [-0.25, -0.2) is 4.68 Å². The van der Waals surface area contributed by atoms with E-state index in [-0.39, 0.29) is 9.26 Å². The van der Waals surface area contributed by atoms with E-state index in [1.165, 1.54) is 18.5 Å². The number of alkyl halides is 3. The molecule has 106 valence electrons. The number of rotatable bonds is 3. The van der Waals surface area contributed by atoms with Gasteiger partial charge in [-0.05, 0) is 28.7 Å². The number of halogens is 4. The van der Waals surface area contributed by atoms with Crippen LogP contribution in [-0.2, 0) is 6.54 Å². The van der Waals surface area contributed by atoms with E-state index in [1.54, 1.807) is 22.6 Å². The van der Waals surface area contributed by atoms with Gasteiger partial charge in [0.15, 0.2) is 0 Å². The van der Waals surface area contributed by atoms with E-state index in [0.717, 1.165) is 10.9 Å². The minimum absolute atomic E-state index is 0.0617. The monoisotopic (exact) mass is 397 g/mol. The molecule has 0 saturated carbocycles. The van der Waals surface area contributed by atoms with E-state index in [2.05, 4.69) is 20.6 Å². The number of carbonyl (C=O) groups is 1. The molecule has 2 aromatic heterocycles. The lowest BCUT2D eigenvalue weighted by molar-refractivity contribution is -0.143. The third-order valence-electron chi connectivity index (χ3n) is 2.19. The van der Waals surface area contributed by atoms with Crippen LogP contribution < -0.4 is 5.32 Å². The van der Waals surface area contributed by atoms with E-state index < -0.39 is 18.6 Å². The van der Waals surface area contributed by atoms with Crippen molar-refractivity contribution in [3.05, 3.63) is 33.9 Å². The lowest BCUT2D eigenvalue weighted by Crippen LogP contribution is -2.20. The molecule has 0 unspecified atom stereocenters. The van der Waals surface area contributed by atoms with Crippen molar-refractivity contribution in [2.45, 2.75) is 12.7 Å². The number of nitrogens with one attached hydrogen (secondary N) is 1. The maximum Gasteiger partial charge on any atom is 0.408 e. The summed E-state index contributed by atoms with van der Waals surface area (Å²) in [4.78, 5) is 11.9. The van der Waals surface area contributed by atoms with Crippen LogP contribution in [0.3, 0.4) is 0 Å². The highest BCUT2D eigenvalue weighted by atomic mass is 127. The van der Waals surface area contributed by atoms with Crippen molar-refractivity contribution < 1.29 is 18.0 Å². The fourth-order valence-electron chi connectivity index (χ4n) is 1.37. The molecule has 0 fully saturated rings. The van der Waals surface area contributed by atoms with E-state index in [1.807, 2.05) is 0 Å². The van der Waals surface area contributed by atoms with Crippen LogP contribution in [0.5, 0.6) is 0 Å². The molecule has 20 heavy (non-hydrogen) atoms. The van der Waals surface area contributed by atoms with E-state index in [0.29, 0.717) is 5.69 Å². The quantitative estimate of drug-likeness (QED) is 0.806. The highest BCUT2D eigenvalue weighted by Gasteiger charge is 2.30. The third kappa shape index (κ3) is 3.65. The minimum Gasteiger partial charge on any atom is -0.320 e. The summed E-state index contributed by atoms with van der Waals surface area (Å²) in [5.74, 6) is -0.559. The van der Waals surface area contributed by atoms with Gasteiger partial charge in [0.25, 0.3) is 5.91 Å². The Morgan fingerprint density at radius 3 is 2.70 bits per heavy atom. The highest BCUT2D eigenvalue weighted by molar-refractivity contribution is 14.1. The summed E-state index contributed by atoms with van der Waals surface area (Å²) < 4.78 is 37.7. The van der Waals surface area contributed by atoms with Gasteiger partial charge in [0, 0.05) is 0 Å². The summed E-state index contributed by atoms with van der Waals surface area (Å²) in [7, 11) is 0. The molecule has 1 amide bonds. The largest absolute Gasteiger partial charge is 0.408 e. The molecular weight excluding hydrogens is 390 g/mol. The number of carbonyl (C=O) groups excluding carboxylic acids is 1. The number of nitrogens with zero attached hydrogens (tertiary/aromatic N) is 4. The molecule has 0 aliphatic heterocycles. The zero-order valence-electron chi connectivity index (χ0n) is 9.73. The Labute approximate surface area is 124 Å². The molecule has 2 heterocycles. The molecule has 6 nitrogen and oxygen atoms in total. The second-order valence-corrected chi connectivity index (χ2v) is 4.73. The molecule has 0 radical (unpaired) electrons. The van der Waals surface area contributed by atoms with E-state index in [4.69, 9.17) is 0 Å². The molecule has 10 heteroatoms. The van der Waals surface area contributed by atoms with Gasteiger partial charge in [0.05, 0.1) is 29.8 Å². The van der Waals surface area contributed by atoms with Crippen molar-refractivity contribution in [3.63, 3.8) is 0 Å². The Bertz CT molecular complexity index is 613. The van der Waals surface area contributed by atoms with Crippen LogP contribution in [0.1, 0.15) is 10.4 Å². The van der Waals surface area contributed by atoms with Gasteiger partial charge in [-0.3, -0.25) is 4.79 Å². The lowest BCUT2D eigenvalue weighted by atomic mass is 10.3. The average Bonchev–Trinajstić information content (AvgIpc) is 2.70. The molecule has 1 N–H and O–H groups in total. The first kappa shape index (κ1) is 14.7. The zero-order chi connectivity index (χ0) is 14.8. The summed E-state index contributed by atoms with van der Waals surface area (Å²) in [5, 5.41) is 13.2. The van der Waals surface area contributed by atoms with Crippen LogP contribution in [0, 0.1) is 3.70 Å². The van der Waals surface area contributed by atoms with Crippen molar-refractivity contribution in [3.8, 4) is 0 Å². The number of hydrogen-bond acceptors (Lipinski definition) is 4. The fourth-order valence-corrected chi connectivity index (χ4v) is 2.05.